The van der Waals surface area contributed by atoms with Crippen LogP contribution in [-0.2, 0) is 4.79 Å². The van der Waals surface area contributed by atoms with Crippen LogP contribution in [0.1, 0.15) is 23.0 Å². The van der Waals surface area contributed by atoms with Crippen LogP contribution >= 0.6 is 11.6 Å². The Balaban J connectivity index is 2.40. The molecule has 0 aliphatic rings. The quantitative estimate of drug-likeness (QED) is 0.639. The van der Waals surface area contributed by atoms with Crippen LogP contribution in [0.5, 0.6) is 5.88 Å². The van der Waals surface area contributed by atoms with Crippen molar-refractivity contribution >= 4 is 22.8 Å². The number of benzene rings is 1. The highest BCUT2D eigenvalue weighted by Gasteiger charge is 2.11. The predicted octanol–water partition coefficient (Wildman–Crippen LogP) is 2.49. The molecule has 0 saturated carbocycles. The SMILES string of the molecule is CC(=O)Oc1cc(C)nn1-c1ccc(C(=O)Cl)cc1. The zero-order chi connectivity index (χ0) is 14.0. The first-order valence-electron chi connectivity index (χ1n) is 5.53. The average molecular weight is 279 g/mol. The van der Waals surface area contributed by atoms with Gasteiger partial charge in [-0.15, -0.1) is 0 Å². The second kappa shape index (κ2) is 5.24. The summed E-state index contributed by atoms with van der Waals surface area (Å²) in [5.74, 6) is -0.0938. The van der Waals surface area contributed by atoms with Gasteiger partial charge in [0.1, 0.15) is 0 Å². The first-order chi connectivity index (χ1) is 8.97. The van der Waals surface area contributed by atoms with Crippen LogP contribution in [-0.4, -0.2) is 21.0 Å². The van der Waals surface area contributed by atoms with Crippen LogP contribution < -0.4 is 4.74 Å². The number of carbonyl (C=O) groups excluding carboxylic acids is 2. The van der Waals surface area contributed by atoms with Crippen molar-refractivity contribution in [2.75, 3.05) is 0 Å². The van der Waals surface area contributed by atoms with E-state index in [1.54, 1.807) is 37.3 Å². The van der Waals surface area contributed by atoms with Gasteiger partial charge in [-0.05, 0) is 42.8 Å². The first kappa shape index (κ1) is 13.3. The van der Waals surface area contributed by atoms with Crippen molar-refractivity contribution in [3.05, 3.63) is 41.6 Å². The van der Waals surface area contributed by atoms with E-state index < -0.39 is 11.2 Å². The third-order valence-corrected chi connectivity index (χ3v) is 2.60. The summed E-state index contributed by atoms with van der Waals surface area (Å²) in [6, 6.07) is 8.17. The van der Waals surface area contributed by atoms with Gasteiger partial charge in [0.15, 0.2) is 0 Å². The van der Waals surface area contributed by atoms with E-state index in [9.17, 15) is 9.59 Å². The molecule has 0 saturated heterocycles. The zero-order valence-electron chi connectivity index (χ0n) is 10.4. The van der Waals surface area contributed by atoms with Crippen molar-refractivity contribution in [1.29, 1.82) is 0 Å². The van der Waals surface area contributed by atoms with Crippen LogP contribution in [0.25, 0.3) is 5.69 Å². The molecule has 0 aliphatic heterocycles. The molecule has 0 bridgehead atoms. The van der Waals surface area contributed by atoms with E-state index in [0.29, 0.717) is 22.8 Å². The fraction of sp³-hybridized carbons (Fsp3) is 0.154. The number of ether oxygens (including phenoxy) is 1. The third-order valence-electron chi connectivity index (χ3n) is 2.39. The van der Waals surface area contributed by atoms with Gasteiger partial charge in [0.2, 0.25) is 5.88 Å². The van der Waals surface area contributed by atoms with Crippen molar-refractivity contribution in [3.8, 4) is 11.6 Å². The molecule has 5 nitrogen and oxygen atoms in total. The average Bonchev–Trinajstić information content (AvgIpc) is 2.69. The van der Waals surface area contributed by atoms with E-state index in [4.69, 9.17) is 16.3 Å². The third kappa shape index (κ3) is 3.00. The number of rotatable bonds is 3. The Morgan fingerprint density at radius 1 is 1.26 bits per heavy atom. The molecular formula is C13H11ClN2O3. The standard InChI is InChI=1S/C13H11ClN2O3/c1-8-7-12(19-9(2)17)16(15-8)11-5-3-10(4-6-11)13(14)18/h3-7H,1-2H3. The number of esters is 1. The van der Waals surface area contributed by atoms with Crippen LogP contribution in [0.2, 0.25) is 0 Å². The summed E-state index contributed by atoms with van der Waals surface area (Å²) in [5, 5.41) is 3.71. The lowest BCUT2D eigenvalue weighted by Crippen LogP contribution is -2.07. The Labute approximate surface area is 114 Å². The minimum atomic E-state index is -0.525. The summed E-state index contributed by atoms with van der Waals surface area (Å²) in [5.41, 5.74) is 1.78. The summed E-state index contributed by atoms with van der Waals surface area (Å²) < 4.78 is 6.55. The molecule has 0 unspecified atom stereocenters. The van der Waals surface area contributed by atoms with Gasteiger partial charge in [-0.3, -0.25) is 9.59 Å². The normalized spacial score (nSPS) is 10.3. The Morgan fingerprint density at radius 2 is 1.89 bits per heavy atom. The van der Waals surface area contributed by atoms with E-state index >= 15 is 0 Å². The van der Waals surface area contributed by atoms with Crippen molar-refractivity contribution in [2.45, 2.75) is 13.8 Å². The second-order valence-corrected chi connectivity index (χ2v) is 4.29. The number of nitrogens with zero attached hydrogens (tertiary/aromatic N) is 2. The number of hydrogen-bond donors (Lipinski definition) is 0. The lowest BCUT2D eigenvalue weighted by molar-refractivity contribution is -0.132. The highest BCUT2D eigenvalue weighted by Crippen LogP contribution is 2.20. The number of hydrogen-bond acceptors (Lipinski definition) is 4. The summed E-state index contributed by atoms with van der Waals surface area (Å²) in [6.07, 6.45) is 0. The van der Waals surface area contributed by atoms with Gasteiger partial charge in [-0.1, -0.05) is 0 Å². The molecule has 0 fully saturated rings. The molecule has 98 valence electrons. The number of halogens is 1. The van der Waals surface area contributed by atoms with Crippen LogP contribution in [0.4, 0.5) is 0 Å². The Hall–Kier alpha value is -2.14. The molecule has 1 heterocycles. The van der Waals surface area contributed by atoms with Crippen molar-refractivity contribution in [1.82, 2.24) is 9.78 Å². The topological polar surface area (TPSA) is 61.2 Å². The molecule has 2 aromatic rings. The lowest BCUT2D eigenvalue weighted by Gasteiger charge is -2.06. The molecule has 0 atom stereocenters. The van der Waals surface area contributed by atoms with Gasteiger partial charge >= 0.3 is 5.97 Å². The summed E-state index contributed by atoms with van der Waals surface area (Å²) in [6.45, 7) is 3.11. The highest BCUT2D eigenvalue weighted by molar-refractivity contribution is 6.67. The molecule has 0 aliphatic carbocycles. The predicted molar refractivity (Wildman–Crippen MR) is 69.8 cm³/mol. The van der Waals surface area contributed by atoms with E-state index in [1.807, 2.05) is 0 Å². The van der Waals surface area contributed by atoms with Gasteiger partial charge in [0.05, 0.1) is 11.4 Å². The summed E-state index contributed by atoms with van der Waals surface area (Å²) in [7, 11) is 0. The Bertz CT molecular complexity index is 632. The highest BCUT2D eigenvalue weighted by atomic mass is 35.5. The number of aryl methyl sites for hydroxylation is 1. The monoisotopic (exact) mass is 278 g/mol. The van der Waals surface area contributed by atoms with Crippen LogP contribution in [0.15, 0.2) is 30.3 Å². The molecule has 0 radical (unpaired) electrons. The molecular weight excluding hydrogens is 268 g/mol. The van der Waals surface area contributed by atoms with Gasteiger partial charge in [-0.2, -0.15) is 5.10 Å². The fourth-order valence-electron chi connectivity index (χ4n) is 1.61. The molecule has 2 rings (SSSR count). The van der Waals surface area contributed by atoms with Gasteiger partial charge in [0, 0.05) is 18.6 Å². The van der Waals surface area contributed by atoms with Gasteiger partial charge in [-0.25, -0.2) is 4.68 Å². The second-order valence-electron chi connectivity index (χ2n) is 3.95. The summed E-state index contributed by atoms with van der Waals surface area (Å²) >= 11 is 5.38. The summed E-state index contributed by atoms with van der Waals surface area (Å²) in [4.78, 5) is 22.0. The fourth-order valence-corrected chi connectivity index (χ4v) is 1.74. The maximum Gasteiger partial charge on any atom is 0.309 e. The zero-order valence-corrected chi connectivity index (χ0v) is 11.1. The Morgan fingerprint density at radius 3 is 2.42 bits per heavy atom. The van der Waals surface area contributed by atoms with E-state index in [-0.39, 0.29) is 0 Å². The smallest absolute Gasteiger partial charge is 0.309 e. The molecule has 0 amide bonds. The van der Waals surface area contributed by atoms with Crippen molar-refractivity contribution in [2.24, 2.45) is 0 Å². The minimum Gasteiger partial charge on any atom is -0.408 e. The molecule has 1 aromatic carbocycles. The van der Waals surface area contributed by atoms with E-state index in [2.05, 4.69) is 5.10 Å². The number of carbonyl (C=O) groups is 2. The van der Waals surface area contributed by atoms with Crippen molar-refractivity contribution in [3.63, 3.8) is 0 Å². The van der Waals surface area contributed by atoms with E-state index in [0.717, 1.165) is 0 Å². The first-order valence-corrected chi connectivity index (χ1v) is 5.90. The maximum absolute atomic E-state index is 11.0. The molecule has 1 aromatic heterocycles. The number of aromatic nitrogens is 2. The van der Waals surface area contributed by atoms with Gasteiger partial charge < -0.3 is 4.74 Å². The van der Waals surface area contributed by atoms with Crippen molar-refractivity contribution < 1.29 is 14.3 Å². The molecule has 6 heteroatoms. The molecule has 19 heavy (non-hydrogen) atoms. The largest absolute Gasteiger partial charge is 0.408 e. The van der Waals surface area contributed by atoms with Crippen LogP contribution in [0.3, 0.4) is 0 Å². The minimum absolute atomic E-state index is 0.329. The maximum atomic E-state index is 11.0. The lowest BCUT2D eigenvalue weighted by atomic mass is 10.2. The molecule has 0 N–H and O–H groups in total. The van der Waals surface area contributed by atoms with Gasteiger partial charge in [0.25, 0.3) is 5.24 Å². The van der Waals surface area contributed by atoms with Crippen LogP contribution in [0, 0.1) is 6.92 Å². The van der Waals surface area contributed by atoms with E-state index in [1.165, 1.54) is 11.6 Å². The molecule has 0 spiro atoms. The Kier molecular flexibility index (Phi) is 3.66.